The van der Waals surface area contributed by atoms with E-state index in [0.29, 0.717) is 0 Å². The third kappa shape index (κ3) is 24.3. The summed E-state index contributed by atoms with van der Waals surface area (Å²) in [6.07, 6.45) is 18.9. The Balaban J connectivity index is 0. The Morgan fingerprint density at radius 1 is 0.516 bits per heavy atom. The largest absolute Gasteiger partial charge is 0.330 e. The molecule has 4 nitrogen and oxygen atoms in total. The fourth-order valence-corrected chi connectivity index (χ4v) is 3.48. The number of hydrogen-bond donors (Lipinski definition) is 2. The minimum atomic E-state index is -0.0791. The van der Waals surface area contributed by atoms with Crippen LogP contribution in [0.2, 0.25) is 0 Å². The lowest BCUT2D eigenvalue weighted by atomic mass is 9.72. The predicted octanol–water partition coefficient (Wildman–Crippen LogP) is 6.28. The average Bonchev–Trinajstić information content (AvgIpc) is 2.65. The van der Waals surface area contributed by atoms with Crippen LogP contribution >= 0.6 is 0 Å². The lowest BCUT2D eigenvalue weighted by Crippen LogP contribution is -2.47. The van der Waals surface area contributed by atoms with Crippen molar-refractivity contribution >= 4 is 0 Å². The zero-order valence-corrected chi connectivity index (χ0v) is 23.1. The van der Waals surface area contributed by atoms with Gasteiger partial charge < -0.3 is 21.3 Å². The van der Waals surface area contributed by atoms with Gasteiger partial charge in [-0.05, 0) is 92.8 Å². The van der Waals surface area contributed by atoms with Gasteiger partial charge >= 0.3 is 0 Å². The van der Waals surface area contributed by atoms with Gasteiger partial charge in [0.2, 0.25) is 0 Å². The molecule has 190 valence electrons. The van der Waals surface area contributed by atoms with Crippen molar-refractivity contribution in [2.75, 3.05) is 47.8 Å². The van der Waals surface area contributed by atoms with Crippen molar-refractivity contribution in [1.82, 2.24) is 9.80 Å². The molecule has 0 bridgehead atoms. The SMILES string of the molecule is CC(C)(N)C(C)(C)CCCCCCCN.CN(C)CCCCCCCCCCN(C)C. The number of rotatable bonds is 19. The van der Waals surface area contributed by atoms with E-state index in [0.717, 1.165) is 6.54 Å². The summed E-state index contributed by atoms with van der Waals surface area (Å²) < 4.78 is 0. The molecule has 0 unspecified atom stereocenters. The van der Waals surface area contributed by atoms with Gasteiger partial charge in [-0.2, -0.15) is 0 Å². The summed E-state index contributed by atoms with van der Waals surface area (Å²) >= 11 is 0. The molecule has 0 fully saturated rings. The Hall–Kier alpha value is -0.160. The number of hydrogen-bond acceptors (Lipinski definition) is 4. The summed E-state index contributed by atoms with van der Waals surface area (Å²) in [5, 5.41) is 0. The zero-order valence-electron chi connectivity index (χ0n) is 23.1. The lowest BCUT2D eigenvalue weighted by Gasteiger charge is -2.38. The van der Waals surface area contributed by atoms with Gasteiger partial charge in [0, 0.05) is 5.54 Å². The van der Waals surface area contributed by atoms with Gasteiger partial charge in [0.25, 0.3) is 0 Å². The minimum Gasteiger partial charge on any atom is -0.330 e. The molecule has 31 heavy (non-hydrogen) atoms. The first-order valence-corrected chi connectivity index (χ1v) is 13.2. The van der Waals surface area contributed by atoms with Crippen molar-refractivity contribution in [3.8, 4) is 0 Å². The Kier molecular flexibility index (Phi) is 21.8. The van der Waals surface area contributed by atoms with E-state index in [4.69, 9.17) is 11.5 Å². The van der Waals surface area contributed by atoms with Gasteiger partial charge in [0.05, 0.1) is 0 Å². The van der Waals surface area contributed by atoms with E-state index < -0.39 is 0 Å². The van der Waals surface area contributed by atoms with Gasteiger partial charge in [0.1, 0.15) is 0 Å². The van der Waals surface area contributed by atoms with Crippen molar-refractivity contribution in [1.29, 1.82) is 0 Å². The molecule has 0 saturated heterocycles. The summed E-state index contributed by atoms with van der Waals surface area (Å²) in [5.74, 6) is 0. The third-order valence-electron chi connectivity index (χ3n) is 6.71. The van der Waals surface area contributed by atoms with Crippen LogP contribution in [0.3, 0.4) is 0 Å². The molecule has 0 radical (unpaired) electrons. The maximum absolute atomic E-state index is 6.16. The first kappa shape index (κ1) is 33.0. The minimum absolute atomic E-state index is 0.0791. The van der Waals surface area contributed by atoms with Crippen LogP contribution in [-0.2, 0) is 0 Å². The number of unbranched alkanes of at least 4 members (excludes halogenated alkanes) is 11. The summed E-state index contributed by atoms with van der Waals surface area (Å²) in [6, 6.07) is 0. The predicted molar refractivity (Wildman–Crippen MR) is 143 cm³/mol. The topological polar surface area (TPSA) is 58.5 Å². The standard InChI is InChI=1S/C14H32N2.C13H30N2/c1-15(2)13-11-9-7-5-6-8-10-12-14-16(3)4;1-12(2,13(3,4)15)10-8-6-5-7-9-11-14/h5-14H2,1-4H3;5-11,14-15H2,1-4H3. The van der Waals surface area contributed by atoms with Gasteiger partial charge in [-0.15, -0.1) is 0 Å². The molecule has 0 heterocycles. The van der Waals surface area contributed by atoms with Crippen LogP contribution in [0, 0.1) is 5.41 Å². The molecule has 0 saturated carbocycles. The monoisotopic (exact) mass is 442 g/mol. The van der Waals surface area contributed by atoms with E-state index in [1.807, 2.05) is 0 Å². The molecule has 0 aromatic rings. The molecule has 0 aromatic carbocycles. The van der Waals surface area contributed by atoms with Gasteiger partial charge in [0.15, 0.2) is 0 Å². The van der Waals surface area contributed by atoms with Crippen LogP contribution in [0.25, 0.3) is 0 Å². The van der Waals surface area contributed by atoms with E-state index in [1.165, 1.54) is 103 Å². The molecule has 0 rings (SSSR count). The Morgan fingerprint density at radius 2 is 0.839 bits per heavy atom. The Morgan fingerprint density at radius 3 is 1.16 bits per heavy atom. The normalized spacial score (nSPS) is 12.4. The van der Waals surface area contributed by atoms with Gasteiger partial charge in [-0.3, -0.25) is 0 Å². The lowest BCUT2D eigenvalue weighted by molar-refractivity contribution is 0.180. The van der Waals surface area contributed by atoms with Gasteiger partial charge in [-0.1, -0.05) is 78.1 Å². The molecule has 0 aliphatic carbocycles. The molecule has 4 N–H and O–H groups in total. The molecule has 0 atom stereocenters. The van der Waals surface area contributed by atoms with E-state index in [9.17, 15) is 0 Å². The second kappa shape index (κ2) is 20.4. The molecule has 0 aromatic heterocycles. The Labute approximate surface area is 197 Å². The number of nitrogens with zero attached hydrogens (tertiary/aromatic N) is 2. The molecular weight excluding hydrogens is 380 g/mol. The molecule has 0 aliphatic rings. The van der Waals surface area contributed by atoms with E-state index >= 15 is 0 Å². The average molecular weight is 443 g/mol. The highest BCUT2D eigenvalue weighted by atomic mass is 15.0. The van der Waals surface area contributed by atoms with E-state index in [-0.39, 0.29) is 11.0 Å². The quantitative estimate of drug-likeness (QED) is 0.231. The van der Waals surface area contributed by atoms with Crippen LogP contribution < -0.4 is 11.5 Å². The van der Waals surface area contributed by atoms with E-state index in [1.54, 1.807) is 0 Å². The second-order valence-corrected chi connectivity index (χ2v) is 11.3. The molecular formula is C27H62N4. The highest BCUT2D eigenvalue weighted by Crippen LogP contribution is 2.33. The van der Waals surface area contributed by atoms with Crippen molar-refractivity contribution in [3.05, 3.63) is 0 Å². The van der Waals surface area contributed by atoms with Crippen molar-refractivity contribution in [2.45, 2.75) is 123 Å². The fraction of sp³-hybridized carbons (Fsp3) is 1.00. The third-order valence-corrected chi connectivity index (χ3v) is 6.71. The highest BCUT2D eigenvalue weighted by Gasteiger charge is 2.32. The van der Waals surface area contributed by atoms with Gasteiger partial charge in [-0.25, -0.2) is 0 Å². The zero-order chi connectivity index (χ0) is 24.2. The Bertz CT molecular complexity index is 343. The van der Waals surface area contributed by atoms with Crippen LogP contribution in [0.5, 0.6) is 0 Å². The van der Waals surface area contributed by atoms with Crippen LogP contribution in [0.15, 0.2) is 0 Å². The first-order valence-electron chi connectivity index (χ1n) is 13.2. The maximum Gasteiger partial charge on any atom is 0.0148 e. The van der Waals surface area contributed by atoms with Crippen molar-refractivity contribution < 1.29 is 0 Å². The van der Waals surface area contributed by atoms with Crippen molar-refractivity contribution in [2.24, 2.45) is 16.9 Å². The van der Waals surface area contributed by atoms with Crippen LogP contribution in [0.4, 0.5) is 0 Å². The van der Waals surface area contributed by atoms with Crippen molar-refractivity contribution in [3.63, 3.8) is 0 Å². The molecule has 0 spiro atoms. The smallest absolute Gasteiger partial charge is 0.0148 e. The fourth-order valence-electron chi connectivity index (χ4n) is 3.48. The molecule has 4 heteroatoms. The summed E-state index contributed by atoms with van der Waals surface area (Å²) in [4.78, 5) is 4.56. The molecule has 0 amide bonds. The summed E-state index contributed by atoms with van der Waals surface area (Å²) in [5.41, 5.74) is 11.8. The van der Waals surface area contributed by atoms with Crippen LogP contribution in [-0.4, -0.2) is 63.2 Å². The number of nitrogens with two attached hydrogens (primary N) is 2. The summed E-state index contributed by atoms with van der Waals surface area (Å²) in [6.45, 7) is 12.1. The first-order chi connectivity index (χ1) is 14.4. The highest BCUT2D eigenvalue weighted by molar-refractivity contribution is 4.89. The van der Waals surface area contributed by atoms with Crippen LogP contribution in [0.1, 0.15) is 118 Å². The maximum atomic E-state index is 6.16. The molecule has 0 aliphatic heterocycles. The van der Waals surface area contributed by atoms with E-state index in [2.05, 4.69) is 65.7 Å². The summed E-state index contributed by atoms with van der Waals surface area (Å²) in [7, 11) is 8.63. The second-order valence-electron chi connectivity index (χ2n) is 11.3.